The lowest BCUT2D eigenvalue weighted by molar-refractivity contribution is -0.0222. The summed E-state index contributed by atoms with van der Waals surface area (Å²) in [5.41, 5.74) is 2.37. The van der Waals surface area contributed by atoms with Crippen LogP contribution in [0.3, 0.4) is 0 Å². The summed E-state index contributed by atoms with van der Waals surface area (Å²) in [5, 5.41) is 22.2. The van der Waals surface area contributed by atoms with Gasteiger partial charge in [0.2, 0.25) is 15.9 Å². The number of aliphatic hydroxyl groups is 1. The summed E-state index contributed by atoms with van der Waals surface area (Å²) in [4.78, 5) is 7.90. The number of nitrogens with two attached hydrogens (primary N) is 1. The highest BCUT2D eigenvalue weighted by atomic mass is 32.2. The number of rotatable bonds is 7. The Labute approximate surface area is 241 Å². The van der Waals surface area contributed by atoms with E-state index >= 15 is 4.39 Å². The van der Waals surface area contributed by atoms with Gasteiger partial charge in [-0.05, 0) is 61.8 Å². The van der Waals surface area contributed by atoms with Gasteiger partial charge in [-0.15, -0.1) is 10.2 Å². The Hall–Kier alpha value is -3.23. The standard InChI is InChI=1S/C28H33F3N6O4S/c1-17-14-20(23(29)24(33-17)37-12-8-28(30,31)9-13-37)26-35-34-25(41-26)19-3-2-18(22(16-38)42(32,39)40)15-21(19)36-10-6-27(4-5-27)7-11-36/h2-3,14-15,22,38H,4-13,16H2,1H3,(H2,32,39,40). The molecule has 1 unspecified atom stereocenters. The molecular weight excluding hydrogens is 573 g/mol. The van der Waals surface area contributed by atoms with Crippen LogP contribution >= 0.6 is 0 Å². The third kappa shape index (κ3) is 5.59. The van der Waals surface area contributed by atoms with Crippen LogP contribution in [0.1, 0.15) is 55.0 Å². The van der Waals surface area contributed by atoms with Crippen LogP contribution < -0.4 is 14.9 Å². The van der Waals surface area contributed by atoms with Gasteiger partial charge in [0.15, 0.2) is 11.6 Å². The van der Waals surface area contributed by atoms with E-state index in [4.69, 9.17) is 9.56 Å². The average Bonchev–Trinajstić information content (AvgIpc) is 3.50. The van der Waals surface area contributed by atoms with Gasteiger partial charge in [0.05, 0.1) is 17.7 Å². The first-order valence-electron chi connectivity index (χ1n) is 14.0. The molecule has 0 amide bonds. The van der Waals surface area contributed by atoms with Crippen LogP contribution in [0, 0.1) is 18.2 Å². The second-order valence-electron chi connectivity index (χ2n) is 11.7. The molecule has 0 bridgehead atoms. The number of piperidine rings is 2. The lowest BCUT2D eigenvalue weighted by atomic mass is 9.92. The number of halogens is 3. The first-order valence-corrected chi connectivity index (χ1v) is 15.6. The second-order valence-corrected chi connectivity index (χ2v) is 13.5. The molecule has 14 heteroatoms. The topological polar surface area (TPSA) is 139 Å². The van der Waals surface area contributed by atoms with E-state index in [2.05, 4.69) is 20.1 Å². The van der Waals surface area contributed by atoms with Crippen molar-refractivity contribution in [3.8, 4) is 22.9 Å². The van der Waals surface area contributed by atoms with Crippen molar-refractivity contribution in [3.63, 3.8) is 0 Å². The summed E-state index contributed by atoms with van der Waals surface area (Å²) in [6.45, 7) is 2.42. The minimum absolute atomic E-state index is 0.00923. The Morgan fingerprint density at radius 1 is 0.976 bits per heavy atom. The van der Waals surface area contributed by atoms with Gasteiger partial charge in [-0.25, -0.2) is 31.7 Å². The molecule has 2 saturated heterocycles. The molecular formula is C28H33F3N6O4S. The van der Waals surface area contributed by atoms with Gasteiger partial charge in [0, 0.05) is 50.4 Å². The molecule has 6 rings (SSSR count). The van der Waals surface area contributed by atoms with Crippen LogP contribution in [-0.4, -0.2) is 67.4 Å². The molecule has 3 fully saturated rings. The largest absolute Gasteiger partial charge is 0.416 e. The summed E-state index contributed by atoms with van der Waals surface area (Å²) in [6.07, 6.45) is 3.63. The number of hydrogen-bond donors (Lipinski definition) is 2. The van der Waals surface area contributed by atoms with Gasteiger partial charge in [-0.1, -0.05) is 6.07 Å². The SMILES string of the molecule is Cc1cc(-c2nnc(-c3ccc(C(CO)S(N)(=O)=O)cc3N3CCC4(CC3)CC4)o2)c(F)c(N2CCC(F)(F)CC2)n1. The third-order valence-corrected chi connectivity index (χ3v) is 10.0. The highest BCUT2D eigenvalue weighted by molar-refractivity contribution is 7.89. The maximum Gasteiger partial charge on any atom is 0.251 e. The monoisotopic (exact) mass is 606 g/mol. The van der Waals surface area contributed by atoms with E-state index in [-0.39, 0.29) is 49.1 Å². The maximum atomic E-state index is 15.7. The lowest BCUT2D eigenvalue weighted by Gasteiger charge is -2.35. The van der Waals surface area contributed by atoms with E-state index in [0.717, 1.165) is 25.9 Å². The molecule has 3 N–H and O–H groups in total. The molecule has 3 aliphatic rings. The number of aliphatic hydroxyl groups excluding tert-OH is 1. The molecule has 3 aromatic rings. The Kier molecular flexibility index (Phi) is 7.21. The van der Waals surface area contributed by atoms with E-state index in [1.165, 1.54) is 23.8 Å². The maximum absolute atomic E-state index is 15.7. The third-order valence-electron chi connectivity index (χ3n) is 8.83. The van der Waals surface area contributed by atoms with Crippen LogP contribution in [0.5, 0.6) is 0 Å². The van der Waals surface area contributed by atoms with E-state index in [9.17, 15) is 22.3 Å². The lowest BCUT2D eigenvalue weighted by Crippen LogP contribution is -2.40. The van der Waals surface area contributed by atoms with Gasteiger partial charge in [-0.2, -0.15) is 0 Å². The van der Waals surface area contributed by atoms with Gasteiger partial charge < -0.3 is 19.3 Å². The highest BCUT2D eigenvalue weighted by Crippen LogP contribution is 2.54. The zero-order valence-electron chi connectivity index (χ0n) is 23.2. The van der Waals surface area contributed by atoms with E-state index in [1.807, 2.05) is 0 Å². The highest BCUT2D eigenvalue weighted by Gasteiger charge is 2.45. The number of aromatic nitrogens is 3. The molecule has 226 valence electrons. The van der Waals surface area contributed by atoms with Crippen molar-refractivity contribution in [1.29, 1.82) is 0 Å². The van der Waals surface area contributed by atoms with Crippen molar-refractivity contribution < 1.29 is 31.1 Å². The van der Waals surface area contributed by atoms with Gasteiger partial charge in [0.25, 0.3) is 11.8 Å². The summed E-state index contributed by atoms with van der Waals surface area (Å²) in [6, 6.07) is 6.33. The number of aryl methyl sites for hydroxylation is 1. The zero-order valence-corrected chi connectivity index (χ0v) is 24.0. The first-order chi connectivity index (χ1) is 19.9. The molecule has 2 aliphatic heterocycles. The molecule has 1 aliphatic carbocycles. The van der Waals surface area contributed by atoms with E-state index in [1.54, 1.807) is 25.1 Å². The molecule has 2 aromatic heterocycles. The number of hydrogen-bond acceptors (Lipinski definition) is 9. The summed E-state index contributed by atoms with van der Waals surface area (Å²) < 4.78 is 73.5. The average molecular weight is 607 g/mol. The van der Waals surface area contributed by atoms with Crippen molar-refractivity contribution in [2.24, 2.45) is 10.6 Å². The van der Waals surface area contributed by atoms with Crippen LogP contribution in [0.2, 0.25) is 0 Å². The summed E-state index contributed by atoms with van der Waals surface area (Å²) in [5.74, 6) is -3.55. The van der Waals surface area contributed by atoms with Crippen LogP contribution in [-0.2, 0) is 10.0 Å². The van der Waals surface area contributed by atoms with Crippen molar-refractivity contribution in [1.82, 2.24) is 15.2 Å². The quantitative estimate of drug-likeness (QED) is 0.406. The Bertz CT molecular complexity index is 1590. The number of anilines is 2. The predicted molar refractivity (Wildman–Crippen MR) is 150 cm³/mol. The molecule has 4 heterocycles. The second kappa shape index (κ2) is 10.5. The Morgan fingerprint density at radius 3 is 2.19 bits per heavy atom. The number of pyridine rings is 1. The zero-order chi connectivity index (χ0) is 29.9. The van der Waals surface area contributed by atoms with Gasteiger partial charge in [0.1, 0.15) is 5.25 Å². The van der Waals surface area contributed by atoms with E-state index < -0.39 is 33.6 Å². The summed E-state index contributed by atoms with van der Waals surface area (Å²) >= 11 is 0. The van der Waals surface area contributed by atoms with Crippen molar-refractivity contribution in [3.05, 3.63) is 41.3 Å². The van der Waals surface area contributed by atoms with Crippen LogP contribution in [0.15, 0.2) is 28.7 Å². The fraction of sp³-hybridized carbons (Fsp3) is 0.536. The molecule has 0 radical (unpaired) electrons. The van der Waals surface area contributed by atoms with E-state index in [0.29, 0.717) is 27.9 Å². The molecule has 1 aromatic carbocycles. The fourth-order valence-electron chi connectivity index (χ4n) is 5.98. The molecule has 1 spiro atoms. The van der Waals surface area contributed by atoms with Crippen LogP contribution in [0.25, 0.3) is 22.9 Å². The normalized spacial score (nSPS) is 20.6. The Morgan fingerprint density at radius 2 is 1.60 bits per heavy atom. The number of sulfonamides is 1. The number of primary sulfonamides is 1. The van der Waals surface area contributed by atoms with Crippen LogP contribution in [0.4, 0.5) is 24.7 Å². The van der Waals surface area contributed by atoms with Gasteiger partial charge in [-0.3, -0.25) is 0 Å². The Balaban J connectivity index is 1.36. The smallest absolute Gasteiger partial charge is 0.251 e. The first kappa shape index (κ1) is 28.9. The molecule has 42 heavy (non-hydrogen) atoms. The molecule has 1 saturated carbocycles. The summed E-state index contributed by atoms with van der Waals surface area (Å²) in [7, 11) is -4.08. The number of nitrogens with zero attached hydrogens (tertiary/aromatic N) is 5. The predicted octanol–water partition coefficient (Wildman–Crippen LogP) is 4.18. The molecule has 1 atom stereocenters. The minimum atomic E-state index is -4.08. The van der Waals surface area contributed by atoms with Crippen molar-refractivity contribution in [2.45, 2.75) is 56.6 Å². The molecule has 10 nitrogen and oxygen atoms in total. The van der Waals surface area contributed by atoms with Crippen molar-refractivity contribution in [2.75, 3.05) is 42.6 Å². The minimum Gasteiger partial charge on any atom is -0.416 e. The fourth-order valence-corrected chi connectivity index (χ4v) is 6.72. The van der Waals surface area contributed by atoms with Gasteiger partial charge >= 0.3 is 0 Å². The number of benzene rings is 1. The number of alkyl halides is 2. The van der Waals surface area contributed by atoms with Crippen molar-refractivity contribution >= 4 is 21.5 Å².